The van der Waals surface area contributed by atoms with Crippen LogP contribution in [0.5, 0.6) is 0 Å². The van der Waals surface area contributed by atoms with Crippen molar-refractivity contribution in [1.82, 2.24) is 5.32 Å². The standard InChI is InChI=1S/C14H17F5N2/c1-7(2)21(6-8-4-3-5-20-8)14-12(18)10(16)9(15)11(17)13(14)19/h7-8,20H,3-6H2,1-2H3. The highest BCUT2D eigenvalue weighted by molar-refractivity contribution is 5.51. The molecule has 1 N–H and O–H groups in total. The second-order valence-electron chi connectivity index (χ2n) is 5.46. The van der Waals surface area contributed by atoms with E-state index in [1.54, 1.807) is 13.8 Å². The molecule has 118 valence electrons. The van der Waals surface area contributed by atoms with Crippen molar-refractivity contribution in [3.63, 3.8) is 0 Å². The van der Waals surface area contributed by atoms with Gasteiger partial charge in [-0.1, -0.05) is 0 Å². The lowest BCUT2D eigenvalue weighted by molar-refractivity contribution is 0.375. The van der Waals surface area contributed by atoms with E-state index in [9.17, 15) is 22.0 Å². The van der Waals surface area contributed by atoms with Crippen LogP contribution >= 0.6 is 0 Å². The van der Waals surface area contributed by atoms with Crippen LogP contribution < -0.4 is 10.2 Å². The summed E-state index contributed by atoms with van der Waals surface area (Å²) in [6.45, 7) is 4.27. The lowest BCUT2D eigenvalue weighted by Gasteiger charge is -2.32. The van der Waals surface area contributed by atoms with Gasteiger partial charge in [0.2, 0.25) is 5.82 Å². The molecule has 1 fully saturated rings. The zero-order valence-corrected chi connectivity index (χ0v) is 11.8. The quantitative estimate of drug-likeness (QED) is 0.521. The molecular weight excluding hydrogens is 291 g/mol. The highest BCUT2D eigenvalue weighted by atomic mass is 19.2. The van der Waals surface area contributed by atoms with Crippen molar-refractivity contribution in [3.8, 4) is 0 Å². The number of hydrogen-bond acceptors (Lipinski definition) is 2. The van der Waals surface area contributed by atoms with Crippen molar-refractivity contribution in [1.29, 1.82) is 0 Å². The smallest absolute Gasteiger partial charge is 0.200 e. The minimum absolute atomic E-state index is 0.0256. The Bertz CT molecular complexity index is 498. The summed E-state index contributed by atoms with van der Waals surface area (Å²) in [5, 5.41) is 3.14. The van der Waals surface area contributed by atoms with Gasteiger partial charge in [-0.15, -0.1) is 0 Å². The van der Waals surface area contributed by atoms with E-state index in [0.29, 0.717) is 0 Å². The third-order valence-corrected chi connectivity index (χ3v) is 3.68. The zero-order valence-electron chi connectivity index (χ0n) is 11.8. The second kappa shape index (κ2) is 6.17. The molecule has 0 amide bonds. The molecule has 1 unspecified atom stereocenters. The predicted octanol–water partition coefficient (Wildman–Crippen LogP) is 3.35. The van der Waals surface area contributed by atoms with Gasteiger partial charge in [0.05, 0.1) is 0 Å². The number of rotatable bonds is 4. The molecule has 1 heterocycles. The molecule has 1 aliphatic heterocycles. The molecule has 0 spiro atoms. The first-order valence-electron chi connectivity index (χ1n) is 6.86. The molecule has 7 heteroatoms. The van der Waals surface area contributed by atoms with E-state index in [0.717, 1.165) is 19.4 Å². The van der Waals surface area contributed by atoms with Gasteiger partial charge in [0.1, 0.15) is 5.69 Å². The van der Waals surface area contributed by atoms with Crippen LogP contribution in [-0.4, -0.2) is 25.2 Å². The van der Waals surface area contributed by atoms with Crippen molar-refractivity contribution in [2.75, 3.05) is 18.0 Å². The van der Waals surface area contributed by atoms with Crippen LogP contribution in [0, 0.1) is 29.1 Å². The van der Waals surface area contributed by atoms with Crippen LogP contribution in [-0.2, 0) is 0 Å². The molecule has 1 aromatic carbocycles. The minimum atomic E-state index is -2.13. The first kappa shape index (κ1) is 16.0. The van der Waals surface area contributed by atoms with Gasteiger partial charge in [0.15, 0.2) is 23.3 Å². The number of nitrogens with one attached hydrogen (secondary N) is 1. The van der Waals surface area contributed by atoms with Gasteiger partial charge in [0, 0.05) is 18.6 Å². The Morgan fingerprint density at radius 2 is 1.52 bits per heavy atom. The molecule has 0 aliphatic carbocycles. The summed E-state index contributed by atoms with van der Waals surface area (Å²) in [5.74, 6) is -9.50. The van der Waals surface area contributed by atoms with Crippen LogP contribution in [0.15, 0.2) is 0 Å². The normalized spacial score (nSPS) is 18.6. The van der Waals surface area contributed by atoms with Crippen LogP contribution in [0.3, 0.4) is 0 Å². The van der Waals surface area contributed by atoms with Gasteiger partial charge in [0.25, 0.3) is 0 Å². The molecule has 1 aromatic rings. The average Bonchev–Trinajstić information content (AvgIpc) is 2.95. The van der Waals surface area contributed by atoms with Crippen LogP contribution in [0.4, 0.5) is 27.6 Å². The Morgan fingerprint density at radius 3 is 1.95 bits per heavy atom. The van der Waals surface area contributed by atoms with Crippen LogP contribution in [0.1, 0.15) is 26.7 Å². The van der Waals surface area contributed by atoms with E-state index in [1.165, 1.54) is 4.90 Å². The molecule has 0 aromatic heterocycles. The molecule has 0 radical (unpaired) electrons. The number of nitrogens with zero attached hydrogens (tertiary/aromatic N) is 1. The molecule has 0 bridgehead atoms. The fourth-order valence-corrected chi connectivity index (χ4v) is 2.56. The van der Waals surface area contributed by atoms with Gasteiger partial charge < -0.3 is 10.2 Å². The molecule has 0 saturated carbocycles. The van der Waals surface area contributed by atoms with Crippen molar-refractivity contribution in [2.45, 2.75) is 38.8 Å². The topological polar surface area (TPSA) is 15.3 Å². The first-order chi connectivity index (χ1) is 9.84. The highest BCUT2D eigenvalue weighted by Crippen LogP contribution is 2.31. The Labute approximate surface area is 119 Å². The van der Waals surface area contributed by atoms with E-state index < -0.39 is 40.8 Å². The molecular formula is C14H17F5N2. The monoisotopic (exact) mass is 308 g/mol. The minimum Gasteiger partial charge on any atom is -0.363 e. The van der Waals surface area contributed by atoms with Gasteiger partial charge in [-0.05, 0) is 33.2 Å². The predicted molar refractivity (Wildman–Crippen MR) is 69.7 cm³/mol. The van der Waals surface area contributed by atoms with Crippen molar-refractivity contribution < 1.29 is 22.0 Å². The first-order valence-corrected chi connectivity index (χ1v) is 6.86. The summed E-state index contributed by atoms with van der Waals surface area (Å²) < 4.78 is 67.6. The SMILES string of the molecule is CC(C)N(CC1CCCN1)c1c(F)c(F)c(F)c(F)c1F. The summed E-state index contributed by atoms with van der Waals surface area (Å²) in [5.41, 5.74) is -0.852. The van der Waals surface area contributed by atoms with E-state index in [1.807, 2.05) is 0 Å². The second-order valence-corrected chi connectivity index (χ2v) is 5.46. The number of hydrogen-bond donors (Lipinski definition) is 1. The van der Waals surface area contributed by atoms with E-state index in [-0.39, 0.29) is 12.6 Å². The summed E-state index contributed by atoms with van der Waals surface area (Å²) in [6.07, 6.45) is 1.73. The maximum atomic E-state index is 13.9. The molecule has 2 rings (SSSR count). The van der Waals surface area contributed by atoms with E-state index in [2.05, 4.69) is 5.32 Å². The Kier molecular flexibility index (Phi) is 4.70. The number of anilines is 1. The van der Waals surface area contributed by atoms with Gasteiger partial charge >= 0.3 is 0 Å². The van der Waals surface area contributed by atoms with Gasteiger partial charge in [-0.2, -0.15) is 0 Å². The fourth-order valence-electron chi connectivity index (χ4n) is 2.56. The van der Waals surface area contributed by atoms with Crippen molar-refractivity contribution in [2.24, 2.45) is 0 Å². The maximum absolute atomic E-state index is 13.9. The summed E-state index contributed by atoms with van der Waals surface area (Å²) in [6, 6.07) is -0.428. The summed E-state index contributed by atoms with van der Waals surface area (Å²) in [7, 11) is 0. The highest BCUT2D eigenvalue weighted by Gasteiger charge is 2.31. The number of halogens is 5. The largest absolute Gasteiger partial charge is 0.363 e. The van der Waals surface area contributed by atoms with Crippen LogP contribution in [0.2, 0.25) is 0 Å². The summed E-state index contributed by atoms with van der Waals surface area (Å²) in [4.78, 5) is 1.22. The van der Waals surface area contributed by atoms with E-state index in [4.69, 9.17) is 0 Å². The number of benzene rings is 1. The molecule has 1 atom stereocenters. The van der Waals surface area contributed by atoms with Gasteiger partial charge in [-0.3, -0.25) is 0 Å². The third kappa shape index (κ3) is 2.97. The maximum Gasteiger partial charge on any atom is 0.200 e. The fraction of sp³-hybridized carbons (Fsp3) is 0.571. The van der Waals surface area contributed by atoms with Crippen LogP contribution in [0.25, 0.3) is 0 Å². The average molecular weight is 308 g/mol. The lowest BCUT2D eigenvalue weighted by Crippen LogP contribution is -2.42. The van der Waals surface area contributed by atoms with E-state index >= 15 is 0 Å². The summed E-state index contributed by atoms with van der Waals surface area (Å²) >= 11 is 0. The Hall–Kier alpha value is -1.37. The zero-order chi connectivity index (χ0) is 15.7. The lowest BCUT2D eigenvalue weighted by atomic mass is 10.1. The Morgan fingerprint density at radius 1 is 1.00 bits per heavy atom. The van der Waals surface area contributed by atoms with Crippen molar-refractivity contribution >= 4 is 5.69 Å². The molecule has 1 saturated heterocycles. The van der Waals surface area contributed by atoms with Crippen molar-refractivity contribution in [3.05, 3.63) is 29.1 Å². The van der Waals surface area contributed by atoms with Gasteiger partial charge in [-0.25, -0.2) is 22.0 Å². The molecule has 1 aliphatic rings. The molecule has 21 heavy (non-hydrogen) atoms. The third-order valence-electron chi connectivity index (χ3n) is 3.68. The molecule has 2 nitrogen and oxygen atoms in total. The Balaban J connectivity index is 2.44.